The van der Waals surface area contributed by atoms with Crippen LogP contribution in [-0.4, -0.2) is 48.5 Å². The van der Waals surface area contributed by atoms with E-state index in [-0.39, 0.29) is 6.61 Å². The Labute approximate surface area is 114 Å². The molecule has 0 aliphatic carbocycles. The van der Waals surface area contributed by atoms with E-state index in [0.29, 0.717) is 17.9 Å². The van der Waals surface area contributed by atoms with Gasteiger partial charge in [-0.2, -0.15) is 0 Å². The molecule has 3 rings (SSSR count). The molecule has 3 atom stereocenters. The van der Waals surface area contributed by atoms with E-state index in [0.717, 1.165) is 5.69 Å². The summed E-state index contributed by atoms with van der Waals surface area (Å²) in [5, 5.41) is 18.9. The van der Waals surface area contributed by atoms with Gasteiger partial charge in [0.2, 0.25) is 0 Å². The van der Waals surface area contributed by atoms with E-state index < -0.39 is 18.4 Å². The van der Waals surface area contributed by atoms with Gasteiger partial charge in [0, 0.05) is 12.5 Å². The summed E-state index contributed by atoms with van der Waals surface area (Å²) in [5.74, 6) is 0.364. The minimum Gasteiger partial charge on any atom is -0.394 e. The number of aliphatic hydroxyl groups is 2. The lowest BCUT2D eigenvalue weighted by molar-refractivity contribution is -0.0438. The molecule has 1 aliphatic heterocycles. The number of nitrogens with zero attached hydrogens (tertiary/aromatic N) is 4. The molecule has 8 heteroatoms. The summed E-state index contributed by atoms with van der Waals surface area (Å²) in [7, 11) is 0. The van der Waals surface area contributed by atoms with Crippen molar-refractivity contribution in [3.8, 4) is 11.4 Å². The Kier molecular flexibility index (Phi) is 3.35. The van der Waals surface area contributed by atoms with E-state index in [1.54, 1.807) is 23.2 Å². The van der Waals surface area contributed by atoms with Gasteiger partial charge >= 0.3 is 0 Å². The van der Waals surface area contributed by atoms with E-state index in [1.807, 2.05) is 0 Å². The van der Waals surface area contributed by atoms with Gasteiger partial charge in [-0.25, -0.2) is 15.0 Å². The second-order valence-corrected chi connectivity index (χ2v) is 4.63. The first-order valence-electron chi connectivity index (χ1n) is 6.23. The minimum atomic E-state index is -0.698. The first kappa shape index (κ1) is 13.0. The molecule has 1 aliphatic rings. The Morgan fingerprint density at radius 2 is 2.30 bits per heavy atom. The van der Waals surface area contributed by atoms with Crippen LogP contribution in [0.3, 0.4) is 0 Å². The topological polar surface area (TPSA) is 119 Å². The van der Waals surface area contributed by atoms with Crippen LogP contribution >= 0.6 is 0 Å². The van der Waals surface area contributed by atoms with Crippen LogP contribution in [0.5, 0.6) is 0 Å². The largest absolute Gasteiger partial charge is 0.394 e. The third-order valence-corrected chi connectivity index (χ3v) is 3.31. The van der Waals surface area contributed by atoms with Gasteiger partial charge in [0.25, 0.3) is 0 Å². The number of hydrogen-bond acceptors (Lipinski definition) is 7. The molecule has 1 fully saturated rings. The van der Waals surface area contributed by atoms with Crippen LogP contribution in [0.4, 0.5) is 5.82 Å². The predicted molar refractivity (Wildman–Crippen MR) is 69.3 cm³/mol. The summed E-state index contributed by atoms with van der Waals surface area (Å²) in [6.07, 6.45) is 3.34. The molecule has 0 bridgehead atoms. The fraction of sp³-hybridized carbons (Fsp3) is 0.417. The molecule has 106 valence electrons. The van der Waals surface area contributed by atoms with E-state index in [9.17, 15) is 5.11 Å². The molecule has 0 spiro atoms. The highest BCUT2D eigenvalue weighted by atomic mass is 16.5. The van der Waals surface area contributed by atoms with Gasteiger partial charge in [0.15, 0.2) is 0 Å². The van der Waals surface area contributed by atoms with Crippen LogP contribution in [0.15, 0.2) is 24.9 Å². The van der Waals surface area contributed by atoms with Crippen molar-refractivity contribution in [1.29, 1.82) is 0 Å². The average Bonchev–Trinajstić information content (AvgIpc) is 3.04. The van der Waals surface area contributed by atoms with Crippen molar-refractivity contribution in [2.45, 2.75) is 24.9 Å². The molecule has 20 heavy (non-hydrogen) atoms. The molecule has 8 nitrogen and oxygen atoms in total. The van der Waals surface area contributed by atoms with Crippen LogP contribution in [0, 0.1) is 0 Å². The summed E-state index contributed by atoms with van der Waals surface area (Å²) < 4.78 is 7.37. The Morgan fingerprint density at radius 3 is 3.00 bits per heavy atom. The number of rotatable bonds is 3. The van der Waals surface area contributed by atoms with E-state index in [1.165, 1.54) is 6.33 Å². The molecule has 1 saturated heterocycles. The average molecular weight is 277 g/mol. The Bertz CT molecular complexity index is 602. The molecule has 0 radical (unpaired) electrons. The molecule has 0 aromatic carbocycles. The lowest BCUT2D eigenvalue weighted by Crippen LogP contribution is -2.24. The van der Waals surface area contributed by atoms with Gasteiger partial charge in [0.1, 0.15) is 24.5 Å². The Hall–Kier alpha value is -2.03. The normalized spacial score (nSPS) is 26.0. The zero-order chi connectivity index (χ0) is 14.1. The molecule has 2 aromatic rings. The first-order valence-corrected chi connectivity index (χ1v) is 6.23. The lowest BCUT2D eigenvalue weighted by Gasteiger charge is -2.15. The Balaban J connectivity index is 1.91. The second kappa shape index (κ2) is 5.16. The van der Waals surface area contributed by atoms with Gasteiger partial charge in [-0.05, 0) is 0 Å². The van der Waals surface area contributed by atoms with Crippen LogP contribution in [0.1, 0.15) is 12.6 Å². The van der Waals surface area contributed by atoms with Crippen LogP contribution < -0.4 is 5.73 Å². The van der Waals surface area contributed by atoms with Gasteiger partial charge in [-0.15, -0.1) is 0 Å². The van der Waals surface area contributed by atoms with Crippen LogP contribution in [-0.2, 0) is 4.74 Å². The summed E-state index contributed by atoms with van der Waals surface area (Å²) in [6.45, 7) is -0.220. The zero-order valence-corrected chi connectivity index (χ0v) is 10.6. The fourth-order valence-corrected chi connectivity index (χ4v) is 2.30. The maximum absolute atomic E-state index is 9.80. The number of hydrogen-bond donors (Lipinski definition) is 3. The third-order valence-electron chi connectivity index (χ3n) is 3.31. The van der Waals surface area contributed by atoms with Crippen LogP contribution in [0.2, 0.25) is 0 Å². The van der Waals surface area contributed by atoms with Gasteiger partial charge < -0.3 is 25.3 Å². The number of nitrogens with two attached hydrogens (primary N) is 1. The van der Waals surface area contributed by atoms with Crippen molar-refractivity contribution < 1.29 is 14.9 Å². The highest BCUT2D eigenvalue weighted by Crippen LogP contribution is 2.32. The predicted octanol–water partition coefficient (Wildman–Crippen LogP) is -0.437. The van der Waals surface area contributed by atoms with Crippen molar-refractivity contribution in [3.05, 3.63) is 24.9 Å². The van der Waals surface area contributed by atoms with E-state index >= 15 is 0 Å². The highest BCUT2D eigenvalue weighted by Gasteiger charge is 2.35. The monoisotopic (exact) mass is 277 g/mol. The second-order valence-electron chi connectivity index (χ2n) is 4.63. The third kappa shape index (κ3) is 2.24. The first-order chi connectivity index (χ1) is 9.69. The van der Waals surface area contributed by atoms with Crippen molar-refractivity contribution in [3.63, 3.8) is 0 Å². The molecule has 3 heterocycles. The molecule has 0 saturated carbocycles. The van der Waals surface area contributed by atoms with Crippen molar-refractivity contribution in [2.75, 3.05) is 12.3 Å². The van der Waals surface area contributed by atoms with Gasteiger partial charge in [-0.1, -0.05) is 0 Å². The summed E-state index contributed by atoms with van der Waals surface area (Å²) in [4.78, 5) is 12.1. The number of imidazole rings is 1. The smallest absolute Gasteiger partial charge is 0.138 e. The number of anilines is 1. The van der Waals surface area contributed by atoms with E-state index in [4.69, 9.17) is 15.6 Å². The standard InChI is InChI=1S/C12H15N5O3/c13-11-1-7(15-5-16-11)8-3-14-6-17(8)12-2-9(19)10(4-18)20-12/h1,3,5-6,9-10,12,18-19H,2,4H2,(H2,13,15,16)/t9-,10-,12-/m1/s1. The maximum Gasteiger partial charge on any atom is 0.138 e. The molecule has 0 unspecified atom stereocenters. The van der Waals surface area contributed by atoms with Crippen LogP contribution in [0.25, 0.3) is 11.4 Å². The number of ether oxygens (including phenoxy) is 1. The fourth-order valence-electron chi connectivity index (χ4n) is 2.30. The number of nitrogen functional groups attached to an aromatic ring is 1. The molecule has 2 aromatic heterocycles. The minimum absolute atomic E-state index is 0.220. The van der Waals surface area contributed by atoms with Gasteiger partial charge in [0.05, 0.1) is 36.6 Å². The SMILES string of the molecule is Nc1cc(-c2cncn2[C@H]2C[C@@H](O)[C@@H](CO)O2)ncn1. The van der Waals surface area contributed by atoms with Gasteiger partial charge in [-0.3, -0.25) is 0 Å². The quantitative estimate of drug-likeness (QED) is 0.696. The molecular weight excluding hydrogens is 262 g/mol. The van der Waals surface area contributed by atoms with Crippen molar-refractivity contribution in [1.82, 2.24) is 19.5 Å². The molecular formula is C12H15N5O3. The zero-order valence-electron chi connectivity index (χ0n) is 10.6. The summed E-state index contributed by atoms with van der Waals surface area (Å²) in [5.41, 5.74) is 6.99. The summed E-state index contributed by atoms with van der Waals surface area (Å²) >= 11 is 0. The number of aromatic nitrogens is 4. The molecule has 0 amide bonds. The summed E-state index contributed by atoms with van der Waals surface area (Å²) in [6, 6.07) is 1.64. The maximum atomic E-state index is 9.80. The highest BCUT2D eigenvalue weighted by molar-refractivity contribution is 5.57. The Morgan fingerprint density at radius 1 is 1.45 bits per heavy atom. The van der Waals surface area contributed by atoms with E-state index in [2.05, 4.69) is 15.0 Å². The van der Waals surface area contributed by atoms with Crippen molar-refractivity contribution in [2.24, 2.45) is 0 Å². The molecule has 4 N–H and O–H groups in total. The number of aliphatic hydroxyl groups excluding tert-OH is 2. The van der Waals surface area contributed by atoms with Crippen molar-refractivity contribution >= 4 is 5.82 Å². The lowest BCUT2D eigenvalue weighted by atomic mass is 10.2.